The standard InChI is InChI=1S/C21H29N5O9/c1-10(24-19(32)13(22)6-7-16(23)28)18(31)25-14(8-11-2-4-12(27)5-3-11)20(33)26-15(21(34)35)9-17(29)30/h2-5,10,13-15,27H,6-9,22H2,1H3,(H2,23,28)(H,24,32)(H,25,31)(H,26,33)(H,29,30)(H,34,35). The first-order valence-corrected chi connectivity index (χ1v) is 10.5. The predicted molar refractivity (Wildman–Crippen MR) is 120 cm³/mol. The molecule has 0 heterocycles. The molecule has 1 aromatic carbocycles. The van der Waals surface area contributed by atoms with E-state index in [1.807, 2.05) is 0 Å². The molecule has 35 heavy (non-hydrogen) atoms. The Morgan fingerprint density at radius 2 is 1.46 bits per heavy atom. The fourth-order valence-electron chi connectivity index (χ4n) is 2.84. The molecule has 0 aliphatic rings. The molecule has 0 aromatic heterocycles. The largest absolute Gasteiger partial charge is 0.508 e. The summed E-state index contributed by atoms with van der Waals surface area (Å²) in [6.07, 6.45) is -1.21. The molecule has 192 valence electrons. The molecule has 0 fully saturated rings. The molecule has 0 aliphatic carbocycles. The van der Waals surface area contributed by atoms with Gasteiger partial charge >= 0.3 is 11.9 Å². The van der Waals surface area contributed by atoms with E-state index in [9.17, 15) is 39.0 Å². The van der Waals surface area contributed by atoms with Crippen LogP contribution in [0.5, 0.6) is 5.75 Å². The highest BCUT2D eigenvalue weighted by Gasteiger charge is 2.30. The average molecular weight is 495 g/mol. The maximum Gasteiger partial charge on any atom is 0.326 e. The van der Waals surface area contributed by atoms with E-state index in [0.29, 0.717) is 5.56 Å². The van der Waals surface area contributed by atoms with E-state index in [0.717, 1.165) is 0 Å². The van der Waals surface area contributed by atoms with Gasteiger partial charge in [-0.05, 0) is 31.0 Å². The van der Waals surface area contributed by atoms with Crippen molar-refractivity contribution in [3.8, 4) is 5.75 Å². The highest BCUT2D eigenvalue weighted by atomic mass is 16.4. The third-order valence-electron chi connectivity index (χ3n) is 4.79. The molecule has 4 amide bonds. The van der Waals surface area contributed by atoms with Gasteiger partial charge in [0.05, 0.1) is 12.5 Å². The second-order valence-corrected chi connectivity index (χ2v) is 7.77. The van der Waals surface area contributed by atoms with Crippen LogP contribution in [0.3, 0.4) is 0 Å². The van der Waals surface area contributed by atoms with Gasteiger partial charge in [0, 0.05) is 12.8 Å². The van der Waals surface area contributed by atoms with Crippen LogP contribution in [0.2, 0.25) is 0 Å². The summed E-state index contributed by atoms with van der Waals surface area (Å²) in [5.74, 6) is -6.26. The number of primary amides is 1. The normalized spacial score (nSPS) is 14.0. The molecule has 4 atom stereocenters. The van der Waals surface area contributed by atoms with Gasteiger partial charge in [-0.2, -0.15) is 0 Å². The van der Waals surface area contributed by atoms with Crippen molar-refractivity contribution in [2.75, 3.05) is 0 Å². The Balaban J connectivity index is 2.96. The second-order valence-electron chi connectivity index (χ2n) is 7.77. The number of hydrogen-bond acceptors (Lipinski definition) is 8. The molecule has 1 rings (SSSR count). The number of carbonyl (C=O) groups excluding carboxylic acids is 4. The molecule has 10 N–H and O–H groups in total. The summed E-state index contributed by atoms with van der Waals surface area (Å²) in [7, 11) is 0. The number of phenols is 1. The molecule has 1 aromatic rings. The molecule has 0 spiro atoms. The Hall–Kier alpha value is -4.20. The summed E-state index contributed by atoms with van der Waals surface area (Å²) >= 11 is 0. The monoisotopic (exact) mass is 495 g/mol. The highest BCUT2D eigenvalue weighted by Crippen LogP contribution is 2.12. The summed E-state index contributed by atoms with van der Waals surface area (Å²) in [6.45, 7) is 1.31. The molecule has 0 aliphatic heterocycles. The molecule has 0 saturated carbocycles. The van der Waals surface area contributed by atoms with Crippen molar-refractivity contribution < 1.29 is 44.1 Å². The van der Waals surface area contributed by atoms with E-state index in [4.69, 9.17) is 16.6 Å². The van der Waals surface area contributed by atoms with Crippen LogP contribution in [0.4, 0.5) is 0 Å². The number of amides is 4. The molecule has 0 radical (unpaired) electrons. The predicted octanol–water partition coefficient (Wildman–Crippen LogP) is -2.44. The fourth-order valence-corrected chi connectivity index (χ4v) is 2.84. The zero-order valence-corrected chi connectivity index (χ0v) is 18.9. The lowest BCUT2D eigenvalue weighted by molar-refractivity contribution is -0.147. The minimum Gasteiger partial charge on any atom is -0.508 e. The number of carbonyl (C=O) groups is 6. The smallest absolute Gasteiger partial charge is 0.326 e. The summed E-state index contributed by atoms with van der Waals surface area (Å²) in [5, 5.41) is 34.3. The van der Waals surface area contributed by atoms with E-state index >= 15 is 0 Å². The van der Waals surface area contributed by atoms with Gasteiger partial charge in [-0.15, -0.1) is 0 Å². The fraction of sp³-hybridized carbons (Fsp3) is 0.429. The Labute approximate surface area is 200 Å². The number of rotatable bonds is 14. The van der Waals surface area contributed by atoms with Crippen molar-refractivity contribution >= 4 is 35.6 Å². The summed E-state index contributed by atoms with van der Waals surface area (Å²) in [4.78, 5) is 70.6. The third-order valence-corrected chi connectivity index (χ3v) is 4.79. The zero-order chi connectivity index (χ0) is 26.7. The summed E-state index contributed by atoms with van der Waals surface area (Å²) in [5.41, 5.74) is 11.2. The minimum atomic E-state index is -1.75. The van der Waals surface area contributed by atoms with Crippen molar-refractivity contribution in [2.24, 2.45) is 11.5 Å². The Kier molecular flexibility index (Phi) is 11.1. The SMILES string of the molecule is CC(NC(=O)C(N)CCC(N)=O)C(=O)NC(Cc1ccc(O)cc1)C(=O)NC(CC(=O)O)C(=O)O. The Bertz CT molecular complexity index is 951. The van der Waals surface area contributed by atoms with Crippen molar-refractivity contribution in [1.82, 2.24) is 16.0 Å². The number of aromatic hydroxyl groups is 1. The van der Waals surface area contributed by atoms with Gasteiger partial charge < -0.3 is 42.7 Å². The number of aliphatic carboxylic acids is 2. The second kappa shape index (κ2) is 13.5. The molecule has 0 saturated heterocycles. The maximum atomic E-state index is 12.8. The molecular formula is C21H29N5O9. The van der Waals surface area contributed by atoms with Gasteiger partial charge in [0.25, 0.3) is 0 Å². The zero-order valence-electron chi connectivity index (χ0n) is 18.9. The lowest BCUT2D eigenvalue weighted by atomic mass is 10.0. The van der Waals surface area contributed by atoms with Crippen molar-refractivity contribution in [2.45, 2.75) is 56.8 Å². The quantitative estimate of drug-likeness (QED) is 0.135. The van der Waals surface area contributed by atoms with Gasteiger partial charge in [0.2, 0.25) is 23.6 Å². The van der Waals surface area contributed by atoms with Crippen molar-refractivity contribution in [1.29, 1.82) is 0 Å². The summed E-state index contributed by atoms with van der Waals surface area (Å²) in [6, 6.07) is 0.227. The number of nitrogens with two attached hydrogens (primary N) is 2. The van der Waals surface area contributed by atoms with Gasteiger partial charge in [-0.1, -0.05) is 12.1 Å². The molecule has 14 heteroatoms. The van der Waals surface area contributed by atoms with Crippen LogP contribution >= 0.6 is 0 Å². The maximum absolute atomic E-state index is 12.8. The number of carboxylic acid groups (broad SMARTS) is 2. The topological polar surface area (TPSA) is 251 Å². The van der Waals surface area contributed by atoms with E-state index in [2.05, 4.69) is 16.0 Å². The Morgan fingerprint density at radius 3 is 1.97 bits per heavy atom. The lowest BCUT2D eigenvalue weighted by Crippen LogP contribution is -2.57. The van der Waals surface area contributed by atoms with Gasteiger partial charge in [-0.25, -0.2) is 4.79 Å². The van der Waals surface area contributed by atoms with E-state index in [1.54, 1.807) is 0 Å². The number of nitrogens with one attached hydrogen (secondary N) is 3. The van der Waals surface area contributed by atoms with Gasteiger partial charge in [0.15, 0.2) is 0 Å². The number of benzene rings is 1. The van der Waals surface area contributed by atoms with E-state index in [1.165, 1.54) is 31.2 Å². The first-order valence-electron chi connectivity index (χ1n) is 10.5. The number of carboxylic acids is 2. The van der Waals surface area contributed by atoms with Crippen molar-refractivity contribution in [3.05, 3.63) is 29.8 Å². The van der Waals surface area contributed by atoms with Crippen LogP contribution in [0.15, 0.2) is 24.3 Å². The van der Waals surface area contributed by atoms with Gasteiger partial charge in [-0.3, -0.25) is 24.0 Å². The van der Waals surface area contributed by atoms with Crippen LogP contribution in [0, 0.1) is 0 Å². The van der Waals surface area contributed by atoms with Crippen LogP contribution in [0.1, 0.15) is 31.7 Å². The first kappa shape index (κ1) is 28.8. The molecule has 4 unspecified atom stereocenters. The van der Waals surface area contributed by atoms with Crippen LogP contribution in [-0.4, -0.2) is 75.1 Å². The van der Waals surface area contributed by atoms with Gasteiger partial charge in [0.1, 0.15) is 23.9 Å². The van der Waals surface area contributed by atoms with E-state index < -0.39 is 66.2 Å². The average Bonchev–Trinajstić information content (AvgIpc) is 2.77. The minimum absolute atomic E-state index is 0.0401. The first-order chi connectivity index (χ1) is 16.3. The summed E-state index contributed by atoms with van der Waals surface area (Å²) < 4.78 is 0. The van der Waals surface area contributed by atoms with Crippen LogP contribution in [-0.2, 0) is 35.2 Å². The number of phenolic OH excluding ortho intramolecular Hbond substituents is 1. The molecule has 0 bridgehead atoms. The molecular weight excluding hydrogens is 466 g/mol. The lowest BCUT2D eigenvalue weighted by Gasteiger charge is -2.23. The van der Waals surface area contributed by atoms with Crippen LogP contribution < -0.4 is 27.4 Å². The third kappa shape index (κ3) is 10.5. The van der Waals surface area contributed by atoms with Crippen molar-refractivity contribution in [3.63, 3.8) is 0 Å². The van der Waals surface area contributed by atoms with Crippen LogP contribution in [0.25, 0.3) is 0 Å². The molecule has 14 nitrogen and oxygen atoms in total. The highest BCUT2D eigenvalue weighted by molar-refractivity contribution is 5.94. The Morgan fingerprint density at radius 1 is 0.886 bits per heavy atom. The van der Waals surface area contributed by atoms with E-state index in [-0.39, 0.29) is 25.0 Å². The number of hydrogen-bond donors (Lipinski definition) is 8.